The number of hydrogen-bond donors (Lipinski definition) is 1. The molecular formula is C37H64N4O3. The van der Waals surface area contributed by atoms with Crippen molar-refractivity contribution in [1.82, 2.24) is 14.5 Å². The van der Waals surface area contributed by atoms with Gasteiger partial charge in [0.15, 0.2) is 0 Å². The number of fused-ring (bicyclic) bond motifs is 1. The molecule has 0 unspecified atom stereocenters. The fraction of sp³-hybridized carbons (Fsp3) is 0.622. The highest BCUT2D eigenvalue weighted by Crippen LogP contribution is 2.42. The lowest BCUT2D eigenvalue weighted by molar-refractivity contribution is -0.0642. The third-order valence-electron chi connectivity index (χ3n) is 7.26. The normalized spacial score (nSPS) is 14.8. The van der Waals surface area contributed by atoms with Gasteiger partial charge >= 0.3 is 5.97 Å². The van der Waals surface area contributed by atoms with E-state index in [0.717, 1.165) is 43.9 Å². The molecule has 2 aliphatic rings. The molecule has 0 aliphatic carbocycles. The summed E-state index contributed by atoms with van der Waals surface area (Å²) >= 11 is 0. The first-order valence-electron chi connectivity index (χ1n) is 17.1. The van der Waals surface area contributed by atoms with Crippen LogP contribution in [0.3, 0.4) is 0 Å². The Labute approximate surface area is 269 Å². The van der Waals surface area contributed by atoms with Crippen LogP contribution in [0, 0.1) is 5.41 Å². The van der Waals surface area contributed by atoms with Crippen LogP contribution < -0.4 is 4.90 Å². The Bertz CT molecular complexity index is 1170. The maximum absolute atomic E-state index is 11.7. The molecule has 1 N–H and O–H groups in total. The monoisotopic (exact) mass is 612 g/mol. The van der Waals surface area contributed by atoms with Crippen LogP contribution in [0.1, 0.15) is 112 Å². The number of pyridine rings is 1. The summed E-state index contributed by atoms with van der Waals surface area (Å²) in [5, 5.41) is 11.3. The second-order valence-electron chi connectivity index (χ2n) is 10.6. The zero-order valence-electron chi connectivity index (χ0n) is 30.3. The molecule has 5 rings (SSSR count). The fourth-order valence-corrected chi connectivity index (χ4v) is 5.64. The van der Waals surface area contributed by atoms with Crippen LogP contribution in [-0.4, -0.2) is 71.0 Å². The molecule has 0 amide bonds. The Kier molecular flexibility index (Phi) is 19.6. The molecule has 2 fully saturated rings. The molecule has 1 aromatic carbocycles. The molecule has 2 saturated heterocycles. The van der Waals surface area contributed by atoms with E-state index in [1.807, 2.05) is 101 Å². The van der Waals surface area contributed by atoms with E-state index in [2.05, 4.69) is 37.7 Å². The van der Waals surface area contributed by atoms with E-state index in [0.29, 0.717) is 17.5 Å². The lowest BCUT2D eigenvalue weighted by Gasteiger charge is -2.55. The molecule has 2 aliphatic heterocycles. The molecule has 0 radical (unpaired) electrons. The topological polar surface area (TPSA) is 70.8 Å². The number of ether oxygens (including phenoxy) is 1. The summed E-state index contributed by atoms with van der Waals surface area (Å²) in [4.78, 5) is 21.3. The summed E-state index contributed by atoms with van der Waals surface area (Å²) in [5.74, 6) is -0.320. The summed E-state index contributed by atoms with van der Waals surface area (Å²) in [5.41, 5.74) is 3.69. The Morgan fingerprint density at radius 2 is 1.43 bits per heavy atom. The summed E-state index contributed by atoms with van der Waals surface area (Å²) in [6.07, 6.45) is 6.38. The number of hydrogen-bond acceptors (Lipinski definition) is 6. The first-order valence-corrected chi connectivity index (χ1v) is 17.1. The van der Waals surface area contributed by atoms with Gasteiger partial charge in [0.1, 0.15) is 5.65 Å². The third-order valence-corrected chi connectivity index (χ3v) is 7.26. The molecule has 2 aromatic heterocycles. The molecular weight excluding hydrogens is 548 g/mol. The molecule has 7 nitrogen and oxygen atoms in total. The van der Waals surface area contributed by atoms with Crippen molar-refractivity contribution in [3.8, 4) is 0 Å². The minimum atomic E-state index is -0.624. The number of anilines is 1. The van der Waals surface area contributed by atoms with Gasteiger partial charge in [-0.2, -0.15) is 0 Å². The lowest BCUT2D eigenvalue weighted by atomic mass is 9.71. The number of nitrogens with zero attached hydrogens (tertiary/aromatic N) is 4. The first-order chi connectivity index (χ1) is 21.3. The number of rotatable bonds is 6. The summed E-state index contributed by atoms with van der Waals surface area (Å²) < 4.78 is 6.95. The van der Waals surface area contributed by atoms with E-state index in [1.54, 1.807) is 12.1 Å². The van der Waals surface area contributed by atoms with Gasteiger partial charge in [-0.25, -0.2) is 9.78 Å². The van der Waals surface area contributed by atoms with E-state index in [-0.39, 0.29) is 5.97 Å². The molecule has 7 heteroatoms. The van der Waals surface area contributed by atoms with E-state index in [9.17, 15) is 9.90 Å². The van der Waals surface area contributed by atoms with Gasteiger partial charge in [0.05, 0.1) is 18.3 Å². The van der Waals surface area contributed by atoms with Crippen LogP contribution in [0.25, 0.3) is 11.0 Å². The predicted octanol–water partition coefficient (Wildman–Crippen LogP) is 8.68. The Hall–Kier alpha value is -2.90. The zero-order chi connectivity index (χ0) is 33.9. The molecule has 1 spiro atoms. The van der Waals surface area contributed by atoms with Crippen molar-refractivity contribution in [2.45, 2.75) is 108 Å². The van der Waals surface area contributed by atoms with Crippen LogP contribution in [-0.2, 0) is 11.3 Å². The van der Waals surface area contributed by atoms with Crippen LogP contribution >= 0.6 is 0 Å². The van der Waals surface area contributed by atoms with Gasteiger partial charge in [0, 0.05) is 62.7 Å². The van der Waals surface area contributed by atoms with Gasteiger partial charge in [-0.05, 0) is 61.9 Å². The lowest BCUT2D eigenvalue weighted by Crippen LogP contribution is -2.62. The highest BCUT2D eigenvalue weighted by atomic mass is 16.5. The number of carbonyl (C=O) groups is 1. The number of aliphatic hydroxyl groups is 1. The van der Waals surface area contributed by atoms with Crippen LogP contribution in [0.4, 0.5) is 5.69 Å². The minimum absolute atomic E-state index is 0.320. The number of piperidine rings is 1. The molecule has 0 saturated carbocycles. The van der Waals surface area contributed by atoms with E-state index < -0.39 is 5.60 Å². The van der Waals surface area contributed by atoms with Crippen molar-refractivity contribution in [3.05, 3.63) is 59.9 Å². The molecule has 0 bridgehead atoms. The Morgan fingerprint density at radius 3 is 1.93 bits per heavy atom. The SMILES string of the molecule is CC.CC.CC.CC.CC.COC(=O)c1ccc(Cn2ccc3c(N4CCC5(CC4)CN(CC(C)(C)O)C5)ccnc32)cc1. The van der Waals surface area contributed by atoms with Gasteiger partial charge in [0.2, 0.25) is 0 Å². The fourth-order valence-electron chi connectivity index (χ4n) is 5.64. The summed E-state index contributed by atoms with van der Waals surface area (Å²) in [6, 6.07) is 11.8. The smallest absolute Gasteiger partial charge is 0.337 e. The maximum Gasteiger partial charge on any atom is 0.337 e. The molecule has 250 valence electrons. The average molecular weight is 613 g/mol. The Balaban J connectivity index is 0.00000169. The second-order valence-corrected chi connectivity index (χ2v) is 10.6. The number of esters is 1. The van der Waals surface area contributed by atoms with Crippen LogP contribution in [0.5, 0.6) is 0 Å². The number of β-amino-alcohol motifs (C(OH)–C–C–N with tert-alkyl or cyclic N) is 1. The molecule has 4 heterocycles. The predicted molar refractivity (Wildman–Crippen MR) is 190 cm³/mol. The van der Waals surface area contributed by atoms with E-state index in [1.165, 1.54) is 31.0 Å². The van der Waals surface area contributed by atoms with Gasteiger partial charge in [-0.3, -0.25) is 4.90 Å². The van der Waals surface area contributed by atoms with Gasteiger partial charge < -0.3 is 19.3 Å². The van der Waals surface area contributed by atoms with Crippen molar-refractivity contribution in [2.24, 2.45) is 5.41 Å². The number of benzene rings is 1. The maximum atomic E-state index is 11.7. The summed E-state index contributed by atoms with van der Waals surface area (Å²) in [6.45, 7) is 29.5. The third kappa shape index (κ3) is 11.2. The van der Waals surface area contributed by atoms with Crippen LogP contribution in [0.2, 0.25) is 0 Å². The van der Waals surface area contributed by atoms with E-state index >= 15 is 0 Å². The zero-order valence-corrected chi connectivity index (χ0v) is 30.3. The highest BCUT2D eigenvalue weighted by molar-refractivity contribution is 5.90. The van der Waals surface area contributed by atoms with Crippen molar-refractivity contribution in [1.29, 1.82) is 0 Å². The number of likely N-dealkylation sites (tertiary alicyclic amines) is 1. The van der Waals surface area contributed by atoms with Crippen LogP contribution in [0.15, 0.2) is 48.8 Å². The van der Waals surface area contributed by atoms with Crippen molar-refractivity contribution in [3.63, 3.8) is 0 Å². The number of carbonyl (C=O) groups excluding carboxylic acids is 1. The highest BCUT2D eigenvalue weighted by Gasteiger charge is 2.45. The van der Waals surface area contributed by atoms with Gasteiger partial charge in [-0.1, -0.05) is 81.4 Å². The van der Waals surface area contributed by atoms with Gasteiger partial charge in [0.25, 0.3) is 0 Å². The van der Waals surface area contributed by atoms with E-state index in [4.69, 9.17) is 4.74 Å². The average Bonchev–Trinajstić information content (AvgIpc) is 3.47. The van der Waals surface area contributed by atoms with Crippen molar-refractivity contribution < 1.29 is 14.6 Å². The first kappa shape index (κ1) is 41.1. The Morgan fingerprint density at radius 1 is 0.886 bits per heavy atom. The molecule has 3 aromatic rings. The largest absolute Gasteiger partial charge is 0.465 e. The number of aromatic nitrogens is 2. The van der Waals surface area contributed by atoms with Crippen molar-refractivity contribution in [2.75, 3.05) is 44.7 Å². The summed E-state index contributed by atoms with van der Waals surface area (Å²) in [7, 11) is 1.40. The quantitative estimate of drug-likeness (QED) is 0.281. The molecule has 0 atom stereocenters. The van der Waals surface area contributed by atoms with Gasteiger partial charge in [-0.15, -0.1) is 0 Å². The van der Waals surface area contributed by atoms with Crippen molar-refractivity contribution >= 4 is 22.7 Å². The standard InChI is InChI=1S/C27H34N4O3.5C2H6/c1-26(2,33)17-29-18-27(19-29)10-14-30(15-11-27)23-8-12-28-24-22(23)9-13-31(24)16-20-4-6-21(7-5-20)25(32)34-3;5*1-2/h4-9,12-13,33H,10-11,14-19H2,1-3H3;5*1-2H3. The minimum Gasteiger partial charge on any atom is -0.465 e. The number of methoxy groups -OCH3 is 1. The molecule has 44 heavy (non-hydrogen) atoms. The second kappa shape index (κ2) is 20.9.